The predicted octanol–water partition coefficient (Wildman–Crippen LogP) is 1.69. The van der Waals surface area contributed by atoms with E-state index in [1.807, 2.05) is 18.2 Å². The first-order chi connectivity index (χ1) is 13.7. The van der Waals surface area contributed by atoms with Crippen molar-refractivity contribution in [2.75, 3.05) is 36.5 Å². The summed E-state index contributed by atoms with van der Waals surface area (Å²) in [5.41, 5.74) is 1.29. The number of nitrogens with zero attached hydrogens (tertiary/aromatic N) is 3. The molecule has 1 aliphatic heterocycles. The fourth-order valence-corrected chi connectivity index (χ4v) is 2.82. The van der Waals surface area contributed by atoms with E-state index in [1.165, 1.54) is 6.20 Å². The predicted molar refractivity (Wildman–Crippen MR) is 104 cm³/mol. The number of anilines is 2. The second-order valence-electron chi connectivity index (χ2n) is 6.26. The largest absolute Gasteiger partial charge is 0.484 e. The van der Waals surface area contributed by atoms with Gasteiger partial charge in [0, 0.05) is 44.0 Å². The average molecular weight is 379 g/mol. The Balaban J connectivity index is 1.38. The van der Waals surface area contributed by atoms with E-state index in [-0.39, 0.29) is 18.4 Å². The Kier molecular flexibility index (Phi) is 6.41. The number of carbonyl (C=O) groups is 2. The molecule has 1 aliphatic rings. The normalized spacial score (nSPS) is 13.1. The van der Waals surface area contributed by atoms with Gasteiger partial charge in [0.2, 0.25) is 5.91 Å². The zero-order valence-electron chi connectivity index (χ0n) is 15.4. The molecule has 0 saturated carbocycles. The fraction of sp³-hybridized carbons (Fsp3) is 0.300. The minimum Gasteiger partial charge on any atom is -0.484 e. The van der Waals surface area contributed by atoms with Gasteiger partial charge in [0.25, 0.3) is 5.91 Å². The number of hydrogen-bond acceptors (Lipinski definition) is 6. The van der Waals surface area contributed by atoms with Crippen molar-refractivity contribution in [1.29, 1.82) is 5.26 Å². The first kappa shape index (κ1) is 19.2. The van der Waals surface area contributed by atoms with Crippen LogP contribution in [0.5, 0.6) is 5.75 Å². The van der Waals surface area contributed by atoms with Crippen molar-refractivity contribution in [2.45, 2.75) is 12.8 Å². The standard InChI is InChI=1S/C20H21N5O3/c21-12-15-6-7-18(24-13-15)22-8-9-23-19(26)14-28-17-4-1-3-16(11-17)25-10-2-5-20(25)27/h1,3-4,6-7,11,13H,2,5,8-10,14H2,(H,22,24)(H,23,26). The van der Waals surface area contributed by atoms with E-state index in [0.29, 0.717) is 43.2 Å². The first-order valence-corrected chi connectivity index (χ1v) is 9.05. The Hall–Kier alpha value is -3.60. The number of benzene rings is 1. The van der Waals surface area contributed by atoms with Gasteiger partial charge in [-0.1, -0.05) is 6.07 Å². The van der Waals surface area contributed by atoms with Crippen molar-refractivity contribution < 1.29 is 14.3 Å². The minimum atomic E-state index is -0.239. The van der Waals surface area contributed by atoms with Crippen molar-refractivity contribution >= 4 is 23.3 Å². The van der Waals surface area contributed by atoms with E-state index in [9.17, 15) is 9.59 Å². The van der Waals surface area contributed by atoms with Crippen molar-refractivity contribution in [3.05, 3.63) is 48.2 Å². The Morgan fingerprint density at radius 2 is 2.18 bits per heavy atom. The fourth-order valence-electron chi connectivity index (χ4n) is 2.82. The van der Waals surface area contributed by atoms with E-state index in [1.54, 1.807) is 29.2 Å². The maximum Gasteiger partial charge on any atom is 0.258 e. The zero-order chi connectivity index (χ0) is 19.8. The second kappa shape index (κ2) is 9.37. The Morgan fingerprint density at radius 1 is 1.29 bits per heavy atom. The number of aromatic nitrogens is 1. The molecule has 3 rings (SSSR count). The molecule has 1 fully saturated rings. The smallest absolute Gasteiger partial charge is 0.258 e. The van der Waals surface area contributed by atoms with Gasteiger partial charge in [-0.05, 0) is 30.7 Å². The highest BCUT2D eigenvalue weighted by atomic mass is 16.5. The molecule has 8 heteroatoms. The highest BCUT2D eigenvalue weighted by Gasteiger charge is 2.21. The number of pyridine rings is 1. The third kappa shape index (κ3) is 5.20. The van der Waals surface area contributed by atoms with Gasteiger partial charge in [-0.3, -0.25) is 9.59 Å². The third-order valence-corrected chi connectivity index (χ3v) is 4.22. The molecule has 0 spiro atoms. The van der Waals surface area contributed by atoms with E-state index < -0.39 is 0 Å². The molecule has 2 amide bonds. The van der Waals surface area contributed by atoms with Gasteiger partial charge >= 0.3 is 0 Å². The van der Waals surface area contributed by atoms with Crippen molar-refractivity contribution in [2.24, 2.45) is 0 Å². The first-order valence-electron chi connectivity index (χ1n) is 9.05. The quantitative estimate of drug-likeness (QED) is 0.676. The molecule has 2 aromatic rings. The van der Waals surface area contributed by atoms with Crippen LogP contribution >= 0.6 is 0 Å². The lowest BCUT2D eigenvalue weighted by Crippen LogP contribution is -2.32. The van der Waals surface area contributed by atoms with Crippen molar-refractivity contribution in [3.8, 4) is 11.8 Å². The minimum absolute atomic E-state index is 0.105. The molecule has 0 unspecified atom stereocenters. The van der Waals surface area contributed by atoms with Crippen molar-refractivity contribution in [1.82, 2.24) is 10.3 Å². The number of rotatable bonds is 8. The molecule has 144 valence electrons. The van der Waals surface area contributed by atoms with Crippen LogP contribution in [0.4, 0.5) is 11.5 Å². The molecular weight excluding hydrogens is 358 g/mol. The molecule has 2 N–H and O–H groups in total. The molecule has 1 aromatic heterocycles. The van der Waals surface area contributed by atoms with Gasteiger partial charge in [0.15, 0.2) is 6.61 Å². The van der Waals surface area contributed by atoms with Gasteiger partial charge in [-0.2, -0.15) is 5.26 Å². The number of nitrogens with one attached hydrogen (secondary N) is 2. The van der Waals surface area contributed by atoms with Gasteiger partial charge in [-0.25, -0.2) is 4.98 Å². The Morgan fingerprint density at radius 3 is 2.89 bits per heavy atom. The topological polar surface area (TPSA) is 107 Å². The molecule has 0 bridgehead atoms. The maximum absolute atomic E-state index is 11.9. The summed E-state index contributed by atoms with van der Waals surface area (Å²) < 4.78 is 5.53. The molecule has 2 heterocycles. The molecule has 0 aliphatic carbocycles. The molecule has 28 heavy (non-hydrogen) atoms. The number of amides is 2. The van der Waals surface area contributed by atoms with Crippen LogP contribution in [0.15, 0.2) is 42.6 Å². The lowest BCUT2D eigenvalue weighted by Gasteiger charge is -2.16. The molecule has 0 atom stereocenters. The van der Waals surface area contributed by atoms with Crippen LogP contribution in [-0.2, 0) is 9.59 Å². The lowest BCUT2D eigenvalue weighted by atomic mass is 10.3. The Labute approximate surface area is 163 Å². The number of nitriles is 1. The van der Waals surface area contributed by atoms with Crippen LogP contribution in [0.1, 0.15) is 18.4 Å². The lowest BCUT2D eigenvalue weighted by molar-refractivity contribution is -0.123. The maximum atomic E-state index is 11.9. The summed E-state index contributed by atoms with van der Waals surface area (Å²) in [4.78, 5) is 29.6. The summed E-state index contributed by atoms with van der Waals surface area (Å²) >= 11 is 0. The second-order valence-corrected chi connectivity index (χ2v) is 6.26. The molecule has 8 nitrogen and oxygen atoms in total. The van der Waals surface area contributed by atoms with Crippen LogP contribution in [0.25, 0.3) is 0 Å². The monoisotopic (exact) mass is 379 g/mol. The van der Waals surface area contributed by atoms with E-state index in [4.69, 9.17) is 10.00 Å². The van der Waals surface area contributed by atoms with Gasteiger partial charge < -0.3 is 20.3 Å². The SMILES string of the molecule is N#Cc1ccc(NCCNC(=O)COc2cccc(N3CCCC3=O)c2)nc1. The van der Waals surface area contributed by atoms with Gasteiger partial charge in [0.1, 0.15) is 17.6 Å². The number of ether oxygens (including phenoxy) is 1. The highest BCUT2D eigenvalue weighted by molar-refractivity contribution is 5.95. The summed E-state index contributed by atoms with van der Waals surface area (Å²) in [6.45, 7) is 1.51. The third-order valence-electron chi connectivity index (χ3n) is 4.22. The molecular formula is C20H21N5O3. The van der Waals surface area contributed by atoms with Crippen LogP contribution in [0.2, 0.25) is 0 Å². The summed E-state index contributed by atoms with van der Waals surface area (Å²) in [7, 11) is 0. The number of hydrogen-bond donors (Lipinski definition) is 2. The average Bonchev–Trinajstić information content (AvgIpc) is 3.16. The highest BCUT2D eigenvalue weighted by Crippen LogP contribution is 2.25. The number of carbonyl (C=O) groups excluding carboxylic acids is 2. The van der Waals surface area contributed by atoms with Crippen molar-refractivity contribution in [3.63, 3.8) is 0 Å². The van der Waals surface area contributed by atoms with Crippen LogP contribution in [0.3, 0.4) is 0 Å². The Bertz CT molecular complexity index is 876. The summed E-state index contributed by atoms with van der Waals surface area (Å²) in [5.74, 6) is 1.06. The van der Waals surface area contributed by atoms with Crippen LogP contribution in [-0.4, -0.2) is 43.0 Å². The van der Waals surface area contributed by atoms with Crippen LogP contribution in [0, 0.1) is 11.3 Å². The van der Waals surface area contributed by atoms with E-state index in [0.717, 1.165) is 12.1 Å². The summed E-state index contributed by atoms with van der Waals surface area (Å²) in [6, 6.07) is 12.6. The zero-order valence-corrected chi connectivity index (χ0v) is 15.4. The van der Waals surface area contributed by atoms with Gasteiger partial charge in [0.05, 0.1) is 5.56 Å². The summed E-state index contributed by atoms with van der Waals surface area (Å²) in [5, 5.41) is 14.5. The molecule has 1 saturated heterocycles. The van der Waals surface area contributed by atoms with E-state index >= 15 is 0 Å². The molecule has 0 radical (unpaired) electrons. The van der Waals surface area contributed by atoms with Crippen LogP contribution < -0.4 is 20.3 Å². The molecule has 1 aromatic carbocycles. The van der Waals surface area contributed by atoms with E-state index in [2.05, 4.69) is 15.6 Å². The summed E-state index contributed by atoms with van der Waals surface area (Å²) in [6.07, 6.45) is 2.91. The van der Waals surface area contributed by atoms with Gasteiger partial charge in [-0.15, -0.1) is 0 Å².